The van der Waals surface area contributed by atoms with Crippen LogP contribution >= 0.6 is 0 Å². The zero-order valence-electron chi connectivity index (χ0n) is 65.0. The molecule has 10 aliphatic carbocycles. The summed E-state index contributed by atoms with van der Waals surface area (Å²) in [5.41, 5.74) is -2.48. The highest BCUT2D eigenvalue weighted by Crippen LogP contribution is 2.68. The minimum atomic E-state index is -0.884. The first kappa shape index (κ1) is 81.1. The van der Waals surface area contributed by atoms with Crippen LogP contribution in [-0.2, 0) is 28.5 Å². The molecule has 0 radical (unpaired) electrons. The normalized spacial score (nSPS) is 36.7. The van der Waals surface area contributed by atoms with Gasteiger partial charge in [-0.25, -0.2) is 8.78 Å². The maximum Gasteiger partial charge on any atom is 0.151 e. The lowest BCUT2D eigenvalue weighted by molar-refractivity contribution is -0.195. The van der Waals surface area contributed by atoms with Gasteiger partial charge in [-0.15, -0.1) is 0 Å². The van der Waals surface area contributed by atoms with Gasteiger partial charge in [0.1, 0.15) is 12.3 Å². The lowest BCUT2D eigenvalue weighted by atomic mass is 9.41. The number of hydrogen-bond acceptors (Lipinski definition) is 6. The van der Waals surface area contributed by atoms with E-state index in [1.54, 1.807) is 0 Å². The number of hydrogen-bond donors (Lipinski definition) is 0. The minimum Gasteiger partial charge on any atom is -0.378 e. The van der Waals surface area contributed by atoms with Crippen LogP contribution in [0.2, 0.25) is 0 Å². The topological polar surface area (TPSA) is 71.1 Å². The standard InChI is InChI=1S/C46H81FO3.C44H77FO3/c1-3-5-7-9-11-13-15-17-35-49-41-23-19-37(20-24-41)39-27-31-45(32-28-39)43(47)46(44(45)48)33-29-40(30-34-46)38-21-25-42(26-22-38)50-36-18-16-14-12-10-8-6-4-2;1-3-5-7-9-11-13-15-33-47-39-21-17-35(18-22-39)37-25-29-43(30-26-37)41(45)44(42(43)46)31-27-38(28-32-44)36-19-23-40(24-20-36)48-34-16-14-12-10-8-6-4-2/h37-43H,3-36H2,1-2H3;35-41H,3-34H2,1-2H3. The number of Topliss-reactive ketones (excluding diaryl/α,β-unsaturated/α-hetero) is 2. The highest BCUT2D eigenvalue weighted by molar-refractivity contribution is 5.99. The first-order chi connectivity index (χ1) is 48.0. The Morgan fingerprint density at radius 2 is 0.388 bits per heavy atom. The molecular formula is C90H158F2O6. The molecule has 0 unspecified atom stereocenters. The lowest BCUT2D eigenvalue weighted by Crippen LogP contribution is -2.69. The van der Waals surface area contributed by atoms with Crippen molar-refractivity contribution in [3.05, 3.63) is 0 Å². The largest absolute Gasteiger partial charge is 0.378 e. The molecule has 0 aromatic heterocycles. The molecule has 0 aromatic rings. The van der Waals surface area contributed by atoms with Gasteiger partial charge in [0.15, 0.2) is 11.6 Å². The van der Waals surface area contributed by atoms with E-state index in [1.807, 2.05) is 0 Å². The first-order valence-corrected chi connectivity index (χ1v) is 44.9. The molecule has 0 heterocycles. The molecule has 0 N–H and O–H groups in total. The molecule has 0 saturated heterocycles. The Bertz CT molecular complexity index is 1960. The van der Waals surface area contributed by atoms with Gasteiger partial charge in [0.25, 0.3) is 0 Å². The van der Waals surface area contributed by atoms with E-state index in [4.69, 9.17) is 18.9 Å². The van der Waals surface area contributed by atoms with Crippen LogP contribution in [0.1, 0.15) is 426 Å². The van der Waals surface area contributed by atoms with E-state index in [2.05, 4.69) is 27.7 Å². The molecule has 6 nitrogen and oxygen atoms in total. The average molecular weight is 1370 g/mol. The summed E-state index contributed by atoms with van der Waals surface area (Å²) in [6, 6.07) is 0. The fourth-order valence-electron chi connectivity index (χ4n) is 23.3. The van der Waals surface area contributed by atoms with Crippen molar-refractivity contribution >= 4 is 11.6 Å². The molecule has 0 amide bonds. The fraction of sp³-hybridized carbons (Fsp3) is 0.978. The maximum atomic E-state index is 16.4. The lowest BCUT2D eigenvalue weighted by Gasteiger charge is -2.62. The summed E-state index contributed by atoms with van der Waals surface area (Å²) in [4.78, 5) is 27.9. The van der Waals surface area contributed by atoms with E-state index in [0.717, 1.165) is 153 Å². The van der Waals surface area contributed by atoms with E-state index >= 15 is 8.78 Å². The second-order valence-electron chi connectivity index (χ2n) is 36.2. The summed E-state index contributed by atoms with van der Waals surface area (Å²) in [5.74, 6) is 6.54. The van der Waals surface area contributed by atoms with Crippen molar-refractivity contribution in [2.45, 2.75) is 463 Å². The summed E-state index contributed by atoms with van der Waals surface area (Å²) < 4.78 is 57.9. The molecule has 568 valence electrons. The van der Waals surface area contributed by atoms with Crippen LogP contribution in [0, 0.1) is 69.0 Å². The average Bonchev–Trinajstić information content (AvgIpc) is 0.696. The Morgan fingerprint density at radius 1 is 0.235 bits per heavy atom. The van der Waals surface area contributed by atoms with Gasteiger partial charge in [0, 0.05) is 26.4 Å². The Hall–Kier alpha value is -0.960. The van der Waals surface area contributed by atoms with Crippen LogP contribution in [0.25, 0.3) is 0 Å². The maximum absolute atomic E-state index is 16.4. The van der Waals surface area contributed by atoms with Crippen LogP contribution in [0.5, 0.6) is 0 Å². The third-order valence-corrected chi connectivity index (χ3v) is 29.9. The van der Waals surface area contributed by atoms with Crippen molar-refractivity contribution in [2.75, 3.05) is 26.4 Å². The van der Waals surface area contributed by atoms with Gasteiger partial charge in [-0.05, 0) is 278 Å². The first-order valence-electron chi connectivity index (χ1n) is 44.9. The minimum absolute atomic E-state index is 0.351. The van der Waals surface area contributed by atoms with Crippen LogP contribution in [0.3, 0.4) is 0 Å². The van der Waals surface area contributed by atoms with Gasteiger partial charge in [0.05, 0.1) is 46.1 Å². The molecule has 98 heavy (non-hydrogen) atoms. The molecule has 10 aliphatic rings. The van der Waals surface area contributed by atoms with E-state index < -0.39 is 34.0 Å². The number of carbonyl (C=O) groups excluding carboxylic acids is 2. The number of ether oxygens (including phenoxy) is 4. The zero-order valence-corrected chi connectivity index (χ0v) is 65.0. The molecule has 0 aromatic carbocycles. The van der Waals surface area contributed by atoms with E-state index in [0.29, 0.717) is 59.7 Å². The zero-order chi connectivity index (χ0) is 68.7. The highest BCUT2D eigenvalue weighted by Gasteiger charge is 2.73. The van der Waals surface area contributed by atoms with Crippen molar-refractivity contribution in [1.29, 1.82) is 0 Å². The second kappa shape index (κ2) is 43.6. The van der Waals surface area contributed by atoms with E-state index in [9.17, 15) is 9.59 Å². The smallest absolute Gasteiger partial charge is 0.151 e. The Morgan fingerprint density at radius 3 is 0.551 bits per heavy atom. The van der Waals surface area contributed by atoms with Gasteiger partial charge in [-0.2, -0.15) is 0 Å². The molecule has 4 spiro atoms. The van der Waals surface area contributed by atoms with Crippen LogP contribution in [0.15, 0.2) is 0 Å². The number of rotatable bonds is 42. The summed E-state index contributed by atoms with van der Waals surface area (Å²) in [5, 5.41) is 0. The Kier molecular flexibility index (Phi) is 36.1. The van der Waals surface area contributed by atoms with Gasteiger partial charge in [-0.3, -0.25) is 9.59 Å². The summed E-state index contributed by atoms with van der Waals surface area (Å²) in [6.45, 7) is 12.9. The predicted octanol–water partition coefficient (Wildman–Crippen LogP) is 26.6. The quantitative estimate of drug-likeness (QED) is 0.0567. The third kappa shape index (κ3) is 22.6. The van der Waals surface area contributed by atoms with Crippen molar-refractivity contribution in [1.82, 2.24) is 0 Å². The fourth-order valence-corrected chi connectivity index (χ4v) is 23.3. The van der Waals surface area contributed by atoms with Crippen molar-refractivity contribution in [2.24, 2.45) is 69.0 Å². The van der Waals surface area contributed by atoms with Gasteiger partial charge in [-0.1, -0.05) is 195 Å². The van der Waals surface area contributed by atoms with Crippen LogP contribution in [-0.4, -0.2) is 74.8 Å². The Balaban J connectivity index is 0.000000229. The SMILES string of the molecule is CCCCCCCCCCOC1CCC(C2CCC3(CC2)C(=O)C2(CCC(C4CCC(OCCCCCCCCCC)CC4)CC2)C3F)CC1.CCCCCCCCCOC1CCC(C2CCC3(CC2)C(=O)C2(CCC(C4CCC(OCCCCCCCCC)CC4)CC2)C3F)CC1. The molecule has 0 atom stereocenters. The summed E-state index contributed by atoms with van der Waals surface area (Å²) in [7, 11) is 0. The highest BCUT2D eigenvalue weighted by atomic mass is 19.1. The predicted molar refractivity (Wildman–Crippen MR) is 405 cm³/mol. The monoisotopic (exact) mass is 1370 g/mol. The number of alkyl halides is 2. The number of halogens is 2. The Labute approximate surface area is 603 Å². The number of carbonyl (C=O) groups is 2. The van der Waals surface area contributed by atoms with Gasteiger partial charge < -0.3 is 18.9 Å². The van der Waals surface area contributed by atoms with Crippen molar-refractivity contribution in [3.8, 4) is 0 Å². The third-order valence-electron chi connectivity index (χ3n) is 29.9. The van der Waals surface area contributed by atoms with Crippen LogP contribution in [0.4, 0.5) is 8.78 Å². The second-order valence-corrected chi connectivity index (χ2v) is 36.2. The van der Waals surface area contributed by atoms with Gasteiger partial charge >= 0.3 is 0 Å². The molecule has 8 heteroatoms. The van der Waals surface area contributed by atoms with E-state index in [-0.39, 0.29) is 0 Å². The molecular weight excluding hydrogens is 1210 g/mol. The van der Waals surface area contributed by atoms with Crippen molar-refractivity contribution < 1.29 is 37.3 Å². The number of unbranched alkanes of at least 4 members (excludes halogenated alkanes) is 26. The summed E-state index contributed by atoms with van der Waals surface area (Å²) >= 11 is 0. The molecule has 0 bridgehead atoms. The molecule has 0 aliphatic heterocycles. The molecule has 10 fully saturated rings. The van der Waals surface area contributed by atoms with Crippen molar-refractivity contribution in [3.63, 3.8) is 0 Å². The van der Waals surface area contributed by atoms with Gasteiger partial charge in [0.2, 0.25) is 0 Å². The molecule has 10 rings (SSSR count). The number of ketones is 2. The van der Waals surface area contributed by atoms with E-state index in [1.165, 1.54) is 295 Å². The molecule has 10 saturated carbocycles. The summed E-state index contributed by atoms with van der Waals surface area (Å²) in [6.07, 6.45) is 75.3. The van der Waals surface area contributed by atoms with Crippen LogP contribution < -0.4 is 0 Å².